The van der Waals surface area contributed by atoms with Crippen LogP contribution >= 0.6 is 22.9 Å². The number of benzene rings is 2. The van der Waals surface area contributed by atoms with Crippen LogP contribution in [0.1, 0.15) is 17.0 Å². The highest BCUT2D eigenvalue weighted by atomic mass is 35.5. The molecule has 5 aromatic rings. The van der Waals surface area contributed by atoms with Crippen molar-refractivity contribution < 1.29 is 0 Å². The molecule has 0 aliphatic carbocycles. The highest BCUT2D eigenvalue weighted by Crippen LogP contribution is 2.34. The summed E-state index contributed by atoms with van der Waals surface area (Å²) >= 11 is 7.70. The van der Waals surface area contributed by atoms with E-state index in [1.54, 1.807) is 23.7 Å². The SMILES string of the molecule is Clc1ccc(-c2n[nH]c(Cc3csc(NCc4ccccc4)n3)c2-c2ccncc2)cc1. The molecular weight excluding hydrogens is 438 g/mol. The van der Waals surface area contributed by atoms with Gasteiger partial charge in [-0.2, -0.15) is 5.10 Å². The Morgan fingerprint density at radius 2 is 1.69 bits per heavy atom. The molecule has 0 amide bonds. The number of hydrogen-bond acceptors (Lipinski definition) is 5. The molecule has 0 bridgehead atoms. The van der Waals surface area contributed by atoms with Crippen molar-refractivity contribution in [1.82, 2.24) is 20.2 Å². The minimum atomic E-state index is 0.655. The second-order valence-corrected chi connectivity index (χ2v) is 8.62. The maximum Gasteiger partial charge on any atom is 0.183 e. The number of nitrogens with one attached hydrogen (secondary N) is 2. The van der Waals surface area contributed by atoms with E-state index in [1.807, 2.05) is 54.6 Å². The average molecular weight is 458 g/mol. The van der Waals surface area contributed by atoms with Crippen molar-refractivity contribution in [3.63, 3.8) is 0 Å². The lowest BCUT2D eigenvalue weighted by Gasteiger charge is -2.06. The van der Waals surface area contributed by atoms with Gasteiger partial charge in [-0.3, -0.25) is 10.1 Å². The number of aromatic amines is 1. The first kappa shape index (κ1) is 20.4. The van der Waals surface area contributed by atoms with Gasteiger partial charge < -0.3 is 5.32 Å². The van der Waals surface area contributed by atoms with Gasteiger partial charge in [-0.05, 0) is 35.4 Å². The average Bonchev–Trinajstić information content (AvgIpc) is 3.47. The summed E-state index contributed by atoms with van der Waals surface area (Å²) in [7, 11) is 0. The Morgan fingerprint density at radius 3 is 2.47 bits per heavy atom. The normalized spacial score (nSPS) is 10.9. The minimum absolute atomic E-state index is 0.655. The number of nitrogens with zero attached hydrogens (tertiary/aromatic N) is 3. The smallest absolute Gasteiger partial charge is 0.183 e. The van der Waals surface area contributed by atoms with Crippen LogP contribution in [-0.4, -0.2) is 20.2 Å². The number of rotatable bonds is 7. The quantitative estimate of drug-likeness (QED) is 0.294. The highest BCUT2D eigenvalue weighted by Gasteiger charge is 2.18. The largest absolute Gasteiger partial charge is 0.357 e. The van der Waals surface area contributed by atoms with Crippen molar-refractivity contribution in [2.45, 2.75) is 13.0 Å². The van der Waals surface area contributed by atoms with Crippen LogP contribution in [0.15, 0.2) is 84.5 Å². The van der Waals surface area contributed by atoms with Crippen molar-refractivity contribution in [3.05, 3.63) is 106 Å². The number of H-pyrrole nitrogens is 1. The fourth-order valence-corrected chi connectivity index (χ4v) is 4.41. The lowest BCUT2D eigenvalue weighted by Crippen LogP contribution is -1.99. The first-order valence-electron chi connectivity index (χ1n) is 10.2. The van der Waals surface area contributed by atoms with E-state index in [1.165, 1.54) is 5.56 Å². The lowest BCUT2D eigenvalue weighted by atomic mass is 9.98. The van der Waals surface area contributed by atoms with Crippen molar-refractivity contribution in [3.8, 4) is 22.4 Å². The summed E-state index contributed by atoms with van der Waals surface area (Å²) < 4.78 is 0. The molecule has 3 aromatic heterocycles. The Kier molecular flexibility index (Phi) is 5.96. The molecule has 5 nitrogen and oxygen atoms in total. The van der Waals surface area contributed by atoms with Crippen molar-refractivity contribution in [1.29, 1.82) is 0 Å². The van der Waals surface area contributed by atoms with E-state index < -0.39 is 0 Å². The third kappa shape index (κ3) is 4.56. The van der Waals surface area contributed by atoms with Crippen molar-refractivity contribution in [2.24, 2.45) is 0 Å². The summed E-state index contributed by atoms with van der Waals surface area (Å²) in [4.78, 5) is 8.94. The summed E-state index contributed by atoms with van der Waals surface area (Å²) in [6.07, 6.45) is 4.25. The number of thiazole rings is 1. The summed E-state index contributed by atoms with van der Waals surface area (Å²) in [6, 6.07) is 22.1. The molecule has 0 spiro atoms. The van der Waals surface area contributed by atoms with E-state index in [2.05, 4.69) is 38.0 Å². The third-order valence-electron chi connectivity index (χ3n) is 5.12. The topological polar surface area (TPSA) is 66.5 Å². The van der Waals surface area contributed by atoms with Crippen molar-refractivity contribution in [2.75, 3.05) is 5.32 Å². The molecule has 0 saturated carbocycles. The lowest BCUT2D eigenvalue weighted by molar-refractivity contribution is 0.977. The van der Waals surface area contributed by atoms with Crippen LogP contribution in [-0.2, 0) is 13.0 Å². The standard InChI is InChI=1S/C25H20ClN5S/c26-20-8-6-19(7-9-20)24-23(18-10-12-27-13-11-18)22(30-31-24)14-21-16-32-25(29-21)28-15-17-4-2-1-3-5-17/h1-13,16H,14-15H2,(H,28,29)(H,30,31). The number of pyridine rings is 1. The van der Waals surface area contributed by atoms with E-state index in [4.69, 9.17) is 16.6 Å². The third-order valence-corrected chi connectivity index (χ3v) is 6.22. The Hall–Kier alpha value is -3.48. The fourth-order valence-electron chi connectivity index (χ4n) is 3.58. The van der Waals surface area contributed by atoms with E-state index >= 15 is 0 Å². The second-order valence-electron chi connectivity index (χ2n) is 7.33. The second kappa shape index (κ2) is 9.34. The van der Waals surface area contributed by atoms with Crippen LogP contribution < -0.4 is 5.32 Å². The van der Waals surface area contributed by atoms with Gasteiger partial charge in [0.1, 0.15) is 5.69 Å². The van der Waals surface area contributed by atoms with Crippen LogP contribution in [0.4, 0.5) is 5.13 Å². The van der Waals surface area contributed by atoms with E-state index in [9.17, 15) is 0 Å². The van der Waals surface area contributed by atoms with Gasteiger partial charge >= 0.3 is 0 Å². The number of aromatic nitrogens is 4. The fraction of sp³-hybridized carbons (Fsp3) is 0.0800. The van der Waals surface area contributed by atoms with Crippen LogP contribution in [0, 0.1) is 0 Å². The summed E-state index contributed by atoms with van der Waals surface area (Å²) in [5, 5.41) is 15.0. The molecule has 0 fully saturated rings. The Balaban J connectivity index is 1.41. The number of halogens is 1. The molecular formula is C25H20ClN5S. The van der Waals surface area contributed by atoms with E-state index in [0.717, 1.165) is 45.4 Å². The van der Waals surface area contributed by atoms with Gasteiger partial charge in [-0.1, -0.05) is 54.1 Å². The van der Waals surface area contributed by atoms with E-state index in [-0.39, 0.29) is 0 Å². The Bertz CT molecular complexity index is 1300. The summed E-state index contributed by atoms with van der Waals surface area (Å²) in [5.74, 6) is 0. The zero-order valence-corrected chi connectivity index (χ0v) is 18.7. The molecule has 0 unspecified atom stereocenters. The minimum Gasteiger partial charge on any atom is -0.357 e. The van der Waals surface area contributed by atoms with Gasteiger partial charge in [0.25, 0.3) is 0 Å². The number of hydrogen-bond donors (Lipinski definition) is 2. The summed E-state index contributed by atoms with van der Waals surface area (Å²) in [5.41, 5.74) is 7.25. The zero-order valence-electron chi connectivity index (χ0n) is 17.1. The molecule has 2 N–H and O–H groups in total. The molecule has 5 rings (SSSR count). The Labute approximate surface area is 195 Å². The van der Waals surface area contributed by atoms with Gasteiger partial charge in [0.05, 0.1) is 5.69 Å². The molecule has 158 valence electrons. The van der Waals surface area contributed by atoms with Gasteiger partial charge in [0.2, 0.25) is 0 Å². The van der Waals surface area contributed by atoms with Crippen molar-refractivity contribution >= 4 is 28.1 Å². The molecule has 32 heavy (non-hydrogen) atoms. The van der Waals surface area contributed by atoms with Crippen LogP contribution in [0.25, 0.3) is 22.4 Å². The van der Waals surface area contributed by atoms with Crippen LogP contribution in [0.5, 0.6) is 0 Å². The van der Waals surface area contributed by atoms with Gasteiger partial charge in [-0.15, -0.1) is 11.3 Å². The van der Waals surface area contributed by atoms with Gasteiger partial charge in [0.15, 0.2) is 5.13 Å². The monoisotopic (exact) mass is 457 g/mol. The summed E-state index contributed by atoms with van der Waals surface area (Å²) in [6.45, 7) is 0.751. The predicted octanol–water partition coefficient (Wildman–Crippen LogP) is 6.45. The Morgan fingerprint density at radius 1 is 0.906 bits per heavy atom. The van der Waals surface area contributed by atoms with Gasteiger partial charge in [-0.25, -0.2) is 4.98 Å². The first-order chi connectivity index (χ1) is 15.8. The molecule has 0 aliphatic heterocycles. The molecule has 0 aliphatic rings. The predicted molar refractivity (Wildman–Crippen MR) is 131 cm³/mol. The molecule has 0 radical (unpaired) electrons. The molecule has 2 aromatic carbocycles. The number of anilines is 1. The van der Waals surface area contributed by atoms with E-state index in [0.29, 0.717) is 11.4 Å². The van der Waals surface area contributed by atoms with Crippen LogP contribution in [0.2, 0.25) is 5.02 Å². The highest BCUT2D eigenvalue weighted by molar-refractivity contribution is 7.13. The molecule has 3 heterocycles. The molecule has 0 saturated heterocycles. The first-order valence-corrected chi connectivity index (χ1v) is 11.5. The maximum absolute atomic E-state index is 6.09. The zero-order chi connectivity index (χ0) is 21.8. The maximum atomic E-state index is 6.09. The molecule has 7 heteroatoms. The van der Waals surface area contributed by atoms with Gasteiger partial charge in [0, 0.05) is 52.6 Å². The molecule has 0 atom stereocenters. The van der Waals surface area contributed by atoms with Crippen LogP contribution in [0.3, 0.4) is 0 Å².